The molecule has 0 spiro atoms. The van der Waals surface area contributed by atoms with Crippen LogP contribution in [0.1, 0.15) is 50.7 Å². The number of benzene rings is 3. The molecule has 1 aliphatic heterocycles. The molecule has 4 aromatic rings. The number of fused-ring (bicyclic) bond motifs is 1. The van der Waals surface area contributed by atoms with Gasteiger partial charge in [-0.1, -0.05) is 37.3 Å². The number of aryl methyl sites for hydroxylation is 1. The van der Waals surface area contributed by atoms with Gasteiger partial charge in [0, 0.05) is 38.1 Å². The van der Waals surface area contributed by atoms with Crippen molar-refractivity contribution in [1.29, 1.82) is 0 Å². The van der Waals surface area contributed by atoms with E-state index < -0.39 is 10.0 Å². The zero-order valence-corrected chi connectivity index (χ0v) is 26.9. The number of hydrogen-bond acceptors (Lipinski definition) is 8. The van der Waals surface area contributed by atoms with Crippen LogP contribution in [-0.2, 0) is 22.9 Å². The average Bonchev–Trinajstić information content (AvgIpc) is 3.05. The summed E-state index contributed by atoms with van der Waals surface area (Å²) in [4.78, 5) is 12.5. The highest BCUT2D eigenvalue weighted by molar-refractivity contribution is 7.89. The fraction of sp³-hybridized carbons (Fsp3) is 0.412. The number of sulfonamides is 1. The third kappa shape index (κ3) is 7.14. The summed E-state index contributed by atoms with van der Waals surface area (Å²) in [6.07, 6.45) is 1.66. The molecule has 44 heavy (non-hydrogen) atoms. The number of nitrogens with one attached hydrogen (secondary N) is 1. The molecule has 5 rings (SSSR count). The number of piperazine rings is 1. The maximum atomic E-state index is 13.3. The van der Waals surface area contributed by atoms with Crippen molar-refractivity contribution < 1.29 is 17.9 Å². The molecule has 0 saturated carbocycles. The molecule has 1 saturated heterocycles. The van der Waals surface area contributed by atoms with Gasteiger partial charge in [-0.05, 0) is 81.1 Å². The lowest BCUT2D eigenvalue weighted by atomic mass is 10.1. The predicted octanol–water partition coefficient (Wildman–Crippen LogP) is 5.71. The van der Waals surface area contributed by atoms with E-state index >= 15 is 0 Å². The van der Waals surface area contributed by atoms with Gasteiger partial charge < -0.3 is 14.8 Å². The number of hydrogen-bond donors (Lipinski definition) is 1. The van der Waals surface area contributed by atoms with Crippen molar-refractivity contribution >= 4 is 26.7 Å². The number of rotatable bonds is 13. The Morgan fingerprint density at radius 1 is 0.841 bits per heavy atom. The van der Waals surface area contributed by atoms with Gasteiger partial charge in [0.25, 0.3) is 0 Å². The Bertz CT molecular complexity index is 1650. The van der Waals surface area contributed by atoms with E-state index in [-0.39, 0.29) is 6.04 Å². The zero-order valence-electron chi connectivity index (χ0n) is 26.1. The van der Waals surface area contributed by atoms with Gasteiger partial charge in [-0.2, -0.15) is 4.31 Å². The molecule has 0 amide bonds. The van der Waals surface area contributed by atoms with E-state index in [1.54, 1.807) is 16.4 Å². The second-order valence-corrected chi connectivity index (χ2v) is 12.8. The molecular formula is C34H43N5O4S. The standard InChI is InChI=1S/C34H43N5O4S/c1-5-26-12-15-28(16-13-26)44(40,41)39-22-20-38(21-23-39)25(4)33-36-30-11-9-8-10-29(30)34(37-33)35-19-18-27-14-17-31(42-6-2)32(24-27)43-7-3/h8-17,24-25H,5-7,18-23H2,1-4H3,(H,35,36,37). The average molecular weight is 618 g/mol. The fourth-order valence-electron chi connectivity index (χ4n) is 5.53. The summed E-state index contributed by atoms with van der Waals surface area (Å²) < 4.78 is 39.7. The van der Waals surface area contributed by atoms with E-state index in [2.05, 4.69) is 30.1 Å². The highest BCUT2D eigenvalue weighted by Gasteiger charge is 2.31. The van der Waals surface area contributed by atoms with Gasteiger partial charge in [-0.15, -0.1) is 0 Å². The Balaban J connectivity index is 1.27. The molecule has 234 valence electrons. The van der Waals surface area contributed by atoms with Crippen LogP contribution in [0.15, 0.2) is 71.6 Å². The molecule has 1 aliphatic rings. The van der Waals surface area contributed by atoms with Gasteiger partial charge in [-0.25, -0.2) is 18.4 Å². The highest BCUT2D eigenvalue weighted by atomic mass is 32.2. The summed E-state index contributed by atoms with van der Waals surface area (Å²) >= 11 is 0. The first kappa shape index (κ1) is 31.7. The number of para-hydroxylation sites is 1. The number of ether oxygens (including phenoxy) is 2. The van der Waals surface area contributed by atoms with Crippen molar-refractivity contribution in [3.05, 3.63) is 83.7 Å². The predicted molar refractivity (Wildman–Crippen MR) is 175 cm³/mol. The lowest BCUT2D eigenvalue weighted by molar-refractivity contribution is 0.141. The van der Waals surface area contributed by atoms with Crippen LogP contribution in [0.2, 0.25) is 0 Å². The van der Waals surface area contributed by atoms with Crippen LogP contribution in [0.4, 0.5) is 5.82 Å². The van der Waals surface area contributed by atoms with Crippen LogP contribution in [0.5, 0.6) is 11.5 Å². The molecule has 9 nitrogen and oxygen atoms in total. The third-order valence-electron chi connectivity index (χ3n) is 8.10. The number of nitrogens with zero attached hydrogens (tertiary/aromatic N) is 4. The number of aromatic nitrogens is 2. The molecule has 1 N–H and O–H groups in total. The molecule has 3 aromatic carbocycles. The molecule has 0 bridgehead atoms. The van der Waals surface area contributed by atoms with Crippen LogP contribution in [-0.4, -0.2) is 73.5 Å². The molecule has 0 aliphatic carbocycles. The molecule has 1 aromatic heterocycles. The van der Waals surface area contributed by atoms with Crippen molar-refractivity contribution in [1.82, 2.24) is 19.2 Å². The van der Waals surface area contributed by atoms with Crippen molar-refractivity contribution in [2.24, 2.45) is 0 Å². The zero-order chi connectivity index (χ0) is 31.1. The summed E-state index contributed by atoms with van der Waals surface area (Å²) in [6.45, 7) is 12.0. The first-order valence-corrected chi connectivity index (χ1v) is 17.0. The maximum absolute atomic E-state index is 13.3. The number of anilines is 1. The maximum Gasteiger partial charge on any atom is 0.243 e. The van der Waals surface area contributed by atoms with Crippen molar-refractivity contribution in [2.75, 3.05) is 51.3 Å². The Labute approximate surface area is 261 Å². The lowest BCUT2D eigenvalue weighted by Crippen LogP contribution is -2.49. The van der Waals surface area contributed by atoms with E-state index in [9.17, 15) is 8.42 Å². The minimum absolute atomic E-state index is 0.0753. The Morgan fingerprint density at radius 2 is 1.52 bits per heavy atom. The third-order valence-corrected chi connectivity index (χ3v) is 10.0. The normalized spacial score (nSPS) is 15.3. The molecule has 1 fully saturated rings. The van der Waals surface area contributed by atoms with E-state index in [0.717, 1.165) is 58.0 Å². The Kier molecular flexibility index (Phi) is 10.3. The monoisotopic (exact) mass is 617 g/mol. The van der Waals surface area contributed by atoms with Gasteiger partial charge >= 0.3 is 0 Å². The van der Waals surface area contributed by atoms with Gasteiger partial charge in [-0.3, -0.25) is 4.90 Å². The SMILES string of the molecule is CCOc1ccc(CCNc2nc(C(C)N3CCN(S(=O)(=O)c4ccc(CC)cc4)CC3)nc3ccccc23)cc1OCC. The largest absolute Gasteiger partial charge is 0.490 e. The molecule has 0 radical (unpaired) electrons. The summed E-state index contributed by atoms with van der Waals surface area (Å²) in [7, 11) is -3.53. The second-order valence-electron chi connectivity index (χ2n) is 10.9. The summed E-state index contributed by atoms with van der Waals surface area (Å²) in [5.74, 6) is 3.04. The molecule has 2 heterocycles. The van der Waals surface area contributed by atoms with Crippen LogP contribution < -0.4 is 14.8 Å². The summed E-state index contributed by atoms with van der Waals surface area (Å²) in [6, 6.07) is 21.3. The van der Waals surface area contributed by atoms with Crippen molar-refractivity contribution in [3.8, 4) is 11.5 Å². The quantitative estimate of drug-likeness (QED) is 0.204. The molecule has 1 unspecified atom stereocenters. The highest BCUT2D eigenvalue weighted by Crippen LogP contribution is 2.30. The fourth-order valence-corrected chi connectivity index (χ4v) is 6.96. The van der Waals surface area contributed by atoms with Crippen molar-refractivity contribution in [2.45, 2.75) is 51.5 Å². The van der Waals surface area contributed by atoms with E-state index in [1.807, 2.05) is 62.4 Å². The van der Waals surface area contributed by atoms with E-state index in [0.29, 0.717) is 50.8 Å². The Morgan fingerprint density at radius 3 is 2.23 bits per heavy atom. The van der Waals surface area contributed by atoms with Crippen LogP contribution in [0.25, 0.3) is 10.9 Å². The van der Waals surface area contributed by atoms with E-state index in [4.69, 9.17) is 19.4 Å². The van der Waals surface area contributed by atoms with Crippen LogP contribution in [0, 0.1) is 0 Å². The van der Waals surface area contributed by atoms with E-state index in [1.165, 1.54) is 0 Å². The van der Waals surface area contributed by atoms with Gasteiger partial charge in [0.2, 0.25) is 10.0 Å². The van der Waals surface area contributed by atoms with Gasteiger partial charge in [0.15, 0.2) is 11.5 Å². The van der Waals surface area contributed by atoms with Gasteiger partial charge in [0.1, 0.15) is 11.6 Å². The summed E-state index contributed by atoms with van der Waals surface area (Å²) in [5.41, 5.74) is 3.15. The minimum atomic E-state index is -3.53. The smallest absolute Gasteiger partial charge is 0.243 e. The molecule has 1 atom stereocenters. The first-order valence-electron chi connectivity index (χ1n) is 15.6. The Hall–Kier alpha value is -3.73. The van der Waals surface area contributed by atoms with Crippen LogP contribution >= 0.6 is 0 Å². The lowest BCUT2D eigenvalue weighted by Gasteiger charge is -2.37. The summed E-state index contributed by atoms with van der Waals surface area (Å²) in [5, 5.41) is 4.52. The first-order chi connectivity index (χ1) is 21.3. The second kappa shape index (κ2) is 14.4. The van der Waals surface area contributed by atoms with Crippen molar-refractivity contribution in [3.63, 3.8) is 0 Å². The molecule has 10 heteroatoms. The van der Waals surface area contributed by atoms with Gasteiger partial charge in [0.05, 0.1) is 29.7 Å². The topological polar surface area (TPSA) is 96.9 Å². The molecular weight excluding hydrogens is 574 g/mol. The minimum Gasteiger partial charge on any atom is -0.490 e. The van der Waals surface area contributed by atoms with Crippen LogP contribution in [0.3, 0.4) is 0 Å².